The van der Waals surface area contributed by atoms with Gasteiger partial charge in [0.05, 0.1) is 24.4 Å². The van der Waals surface area contributed by atoms with Crippen molar-refractivity contribution in [2.75, 3.05) is 61.5 Å². The summed E-state index contributed by atoms with van der Waals surface area (Å²) in [5, 5.41) is 0. The van der Waals surface area contributed by atoms with Gasteiger partial charge in [-0.15, -0.1) is 0 Å². The zero-order valence-corrected chi connectivity index (χ0v) is 19.7. The number of nitrogen functional groups attached to an aromatic ring is 1. The molecule has 0 spiro atoms. The number of likely N-dealkylation sites (tertiary alicyclic amines) is 1. The molecule has 180 valence electrons. The van der Waals surface area contributed by atoms with Gasteiger partial charge in [0.2, 0.25) is 17.8 Å². The van der Waals surface area contributed by atoms with E-state index in [2.05, 4.69) is 31.6 Å². The van der Waals surface area contributed by atoms with Gasteiger partial charge in [-0.25, -0.2) is 15.0 Å². The second kappa shape index (κ2) is 8.33. The number of nitrogens with zero attached hydrogens (tertiary/aromatic N) is 7. The molecular weight excluding hydrogens is 432 g/mol. The number of nitrogens with two attached hydrogens (primary N) is 1. The first-order valence-electron chi connectivity index (χ1n) is 12.4. The van der Waals surface area contributed by atoms with Crippen LogP contribution in [-0.2, 0) is 16.0 Å². The maximum Gasteiger partial charge on any atom is 0.228 e. The molecule has 6 rings (SSSR count). The van der Waals surface area contributed by atoms with E-state index in [0.717, 1.165) is 81.0 Å². The Morgan fingerprint density at radius 1 is 1.12 bits per heavy atom. The van der Waals surface area contributed by atoms with E-state index in [1.807, 2.05) is 0 Å². The number of fused-ring (bicyclic) bond motifs is 1. The summed E-state index contributed by atoms with van der Waals surface area (Å²) < 4.78 is 5.55. The number of hydrogen-bond acceptors (Lipinski definition) is 9. The first-order chi connectivity index (χ1) is 16.5. The molecule has 2 N–H and O–H groups in total. The Labute approximate surface area is 199 Å². The topological polar surface area (TPSA) is 114 Å². The van der Waals surface area contributed by atoms with Crippen LogP contribution in [-0.4, -0.2) is 82.2 Å². The normalized spacial score (nSPS) is 24.9. The van der Waals surface area contributed by atoms with Crippen LogP contribution in [0.15, 0.2) is 12.4 Å². The zero-order chi connectivity index (χ0) is 23.3. The number of carbonyl (C=O) groups excluding carboxylic acids is 1. The van der Waals surface area contributed by atoms with E-state index in [-0.39, 0.29) is 17.4 Å². The third-order valence-corrected chi connectivity index (χ3v) is 7.92. The van der Waals surface area contributed by atoms with Gasteiger partial charge in [-0.3, -0.25) is 4.79 Å². The molecule has 3 fully saturated rings. The summed E-state index contributed by atoms with van der Waals surface area (Å²) in [6, 6.07) is 0. The zero-order valence-electron chi connectivity index (χ0n) is 19.7. The van der Waals surface area contributed by atoms with Gasteiger partial charge in [-0.1, -0.05) is 6.42 Å². The van der Waals surface area contributed by atoms with E-state index in [0.29, 0.717) is 25.1 Å². The van der Waals surface area contributed by atoms with Crippen LogP contribution in [0.4, 0.5) is 17.7 Å². The number of aromatic nitrogens is 4. The lowest BCUT2D eigenvalue weighted by Crippen LogP contribution is -2.49. The SMILES string of the molecule is C[C@]1(N2CCc3c(-c4cnc(N)nc4)nc(N4CCOCC4)nc32)CCN(C(=O)C2CCC2)C1. The first-order valence-corrected chi connectivity index (χ1v) is 12.4. The van der Waals surface area contributed by atoms with Crippen molar-refractivity contribution in [1.29, 1.82) is 0 Å². The van der Waals surface area contributed by atoms with Gasteiger partial charge in [0.25, 0.3) is 0 Å². The van der Waals surface area contributed by atoms with Crippen LogP contribution in [0.3, 0.4) is 0 Å². The third-order valence-electron chi connectivity index (χ3n) is 7.92. The summed E-state index contributed by atoms with van der Waals surface area (Å²) in [4.78, 5) is 38.1. The lowest BCUT2D eigenvalue weighted by atomic mass is 9.84. The molecule has 0 radical (unpaired) electrons. The minimum atomic E-state index is -0.143. The molecule has 4 aliphatic rings. The van der Waals surface area contributed by atoms with Gasteiger partial charge in [-0.05, 0) is 32.6 Å². The Morgan fingerprint density at radius 2 is 1.88 bits per heavy atom. The molecule has 10 nitrogen and oxygen atoms in total. The smallest absolute Gasteiger partial charge is 0.228 e. The van der Waals surface area contributed by atoms with Gasteiger partial charge in [-0.2, -0.15) is 4.98 Å². The highest BCUT2D eigenvalue weighted by Crippen LogP contribution is 2.42. The number of carbonyl (C=O) groups is 1. The molecule has 1 amide bonds. The second-order valence-corrected chi connectivity index (χ2v) is 10.1. The van der Waals surface area contributed by atoms with Crippen LogP contribution in [0.2, 0.25) is 0 Å². The number of anilines is 3. The van der Waals surface area contributed by atoms with Crippen LogP contribution in [0, 0.1) is 5.92 Å². The highest BCUT2D eigenvalue weighted by atomic mass is 16.5. The Kier molecular flexibility index (Phi) is 5.28. The molecule has 5 heterocycles. The largest absolute Gasteiger partial charge is 0.378 e. The van der Waals surface area contributed by atoms with Crippen LogP contribution in [0.25, 0.3) is 11.3 Å². The van der Waals surface area contributed by atoms with Gasteiger partial charge < -0.3 is 25.2 Å². The van der Waals surface area contributed by atoms with Crippen LogP contribution in [0.5, 0.6) is 0 Å². The standard InChI is InChI=1S/C24H32N8O2/c1-24(6-8-31(15-24)21(33)16-3-2-4-16)32-7-5-18-19(17-13-26-22(25)27-14-17)28-23(29-20(18)32)30-9-11-34-12-10-30/h13-14,16H,2-12,15H2,1H3,(H2,25,26,27)/t24-/m0/s1. The van der Waals surface area contributed by atoms with E-state index >= 15 is 0 Å². The molecule has 0 unspecified atom stereocenters. The van der Waals surface area contributed by atoms with Gasteiger partial charge in [0.1, 0.15) is 5.82 Å². The molecule has 2 aromatic heterocycles. The number of hydrogen-bond donors (Lipinski definition) is 1. The number of morpholine rings is 1. The number of rotatable bonds is 4. The summed E-state index contributed by atoms with van der Waals surface area (Å²) in [6.45, 7) is 7.56. The quantitative estimate of drug-likeness (QED) is 0.719. The molecule has 1 aliphatic carbocycles. The Balaban J connectivity index is 1.36. The molecule has 3 aliphatic heterocycles. The maximum absolute atomic E-state index is 12.9. The Hall–Kier alpha value is -3.01. The maximum atomic E-state index is 12.9. The van der Waals surface area contributed by atoms with Gasteiger partial charge in [0, 0.05) is 62.2 Å². The van der Waals surface area contributed by atoms with Gasteiger partial charge >= 0.3 is 0 Å². The molecular formula is C24H32N8O2. The van der Waals surface area contributed by atoms with E-state index < -0.39 is 0 Å². The molecule has 1 atom stereocenters. The molecule has 2 saturated heterocycles. The summed E-state index contributed by atoms with van der Waals surface area (Å²) in [5.74, 6) is 2.51. The molecule has 34 heavy (non-hydrogen) atoms. The lowest BCUT2D eigenvalue weighted by molar-refractivity contribution is -0.137. The predicted molar refractivity (Wildman–Crippen MR) is 128 cm³/mol. The predicted octanol–water partition coefficient (Wildman–Crippen LogP) is 1.51. The fraction of sp³-hybridized carbons (Fsp3) is 0.625. The van der Waals surface area contributed by atoms with Crippen molar-refractivity contribution >= 4 is 23.6 Å². The number of amides is 1. The average molecular weight is 465 g/mol. The lowest BCUT2D eigenvalue weighted by Gasteiger charge is -2.38. The van der Waals surface area contributed by atoms with Crippen molar-refractivity contribution in [3.63, 3.8) is 0 Å². The van der Waals surface area contributed by atoms with Crippen molar-refractivity contribution in [1.82, 2.24) is 24.8 Å². The highest BCUT2D eigenvalue weighted by Gasteiger charge is 2.46. The van der Waals surface area contributed by atoms with Crippen molar-refractivity contribution in [3.8, 4) is 11.3 Å². The summed E-state index contributed by atoms with van der Waals surface area (Å²) >= 11 is 0. The molecule has 1 saturated carbocycles. The Morgan fingerprint density at radius 3 is 2.59 bits per heavy atom. The van der Waals surface area contributed by atoms with Crippen LogP contribution >= 0.6 is 0 Å². The van der Waals surface area contributed by atoms with Crippen molar-refractivity contribution in [2.24, 2.45) is 5.92 Å². The van der Waals surface area contributed by atoms with E-state index in [1.54, 1.807) is 12.4 Å². The highest BCUT2D eigenvalue weighted by molar-refractivity contribution is 5.80. The van der Waals surface area contributed by atoms with Crippen LogP contribution < -0.4 is 15.5 Å². The van der Waals surface area contributed by atoms with Crippen molar-refractivity contribution in [2.45, 2.75) is 44.6 Å². The Bertz CT molecular complexity index is 1080. The molecule has 0 bridgehead atoms. The fourth-order valence-corrected chi connectivity index (χ4v) is 5.64. The van der Waals surface area contributed by atoms with E-state index in [4.69, 9.17) is 20.4 Å². The first kappa shape index (κ1) is 21.5. The van der Waals surface area contributed by atoms with E-state index in [1.165, 1.54) is 6.42 Å². The summed E-state index contributed by atoms with van der Waals surface area (Å²) in [5.41, 5.74) is 8.44. The minimum Gasteiger partial charge on any atom is -0.378 e. The van der Waals surface area contributed by atoms with Gasteiger partial charge in [0.15, 0.2) is 0 Å². The van der Waals surface area contributed by atoms with E-state index in [9.17, 15) is 4.79 Å². The molecule has 0 aromatic carbocycles. The molecule has 10 heteroatoms. The summed E-state index contributed by atoms with van der Waals surface area (Å²) in [7, 11) is 0. The second-order valence-electron chi connectivity index (χ2n) is 10.1. The molecule has 2 aromatic rings. The average Bonchev–Trinajstić information content (AvgIpc) is 3.43. The van der Waals surface area contributed by atoms with Crippen molar-refractivity contribution < 1.29 is 9.53 Å². The van der Waals surface area contributed by atoms with Crippen molar-refractivity contribution in [3.05, 3.63) is 18.0 Å². The number of ether oxygens (including phenoxy) is 1. The third kappa shape index (κ3) is 3.64. The monoisotopic (exact) mass is 464 g/mol. The van der Waals surface area contributed by atoms with Crippen LogP contribution in [0.1, 0.15) is 38.2 Å². The summed E-state index contributed by atoms with van der Waals surface area (Å²) in [6.07, 6.45) is 8.55. The minimum absolute atomic E-state index is 0.143. The fourth-order valence-electron chi connectivity index (χ4n) is 5.64.